The molecule has 104 valence electrons. The summed E-state index contributed by atoms with van der Waals surface area (Å²) in [6.45, 7) is 4.58. The lowest BCUT2D eigenvalue weighted by Crippen LogP contribution is -3.00. The molecule has 1 aromatic heterocycles. The summed E-state index contributed by atoms with van der Waals surface area (Å²) in [5.41, 5.74) is 2.03. The van der Waals surface area contributed by atoms with Gasteiger partial charge < -0.3 is 17.0 Å². The number of hydrogen-bond donors (Lipinski definition) is 0. The molecule has 0 bridgehead atoms. The van der Waals surface area contributed by atoms with Gasteiger partial charge in [-0.15, -0.1) is 0 Å². The van der Waals surface area contributed by atoms with Crippen LogP contribution in [-0.4, -0.2) is 16.1 Å². The Labute approximate surface area is 127 Å². The molecule has 0 saturated heterocycles. The maximum Gasteiger partial charge on any atom is 0.254 e. The van der Waals surface area contributed by atoms with Crippen molar-refractivity contribution in [2.45, 2.75) is 20.4 Å². The molecule has 0 fully saturated rings. The van der Waals surface area contributed by atoms with Crippen LogP contribution in [0.4, 0.5) is 0 Å². The van der Waals surface area contributed by atoms with Gasteiger partial charge in [0.15, 0.2) is 0 Å². The number of rotatable bonds is 1. The van der Waals surface area contributed by atoms with Crippen LogP contribution in [0.15, 0.2) is 24.3 Å². The van der Waals surface area contributed by atoms with Crippen LogP contribution < -0.4 is 21.5 Å². The van der Waals surface area contributed by atoms with Crippen LogP contribution in [0, 0.1) is 6.92 Å². The summed E-state index contributed by atoms with van der Waals surface area (Å²) in [6, 6.07) is 7.03. The molecular formula is C15H15BrN2O2. The summed E-state index contributed by atoms with van der Waals surface area (Å²) in [5.74, 6) is 0.792. The molecule has 20 heavy (non-hydrogen) atoms. The first kappa shape index (κ1) is 14.7. The Hall–Kier alpha value is -1.75. The average molecular weight is 335 g/mol. The zero-order valence-electron chi connectivity index (χ0n) is 11.6. The average Bonchev–Trinajstić information content (AvgIpc) is 2.69. The summed E-state index contributed by atoms with van der Waals surface area (Å²) in [4.78, 5) is 25.2. The fourth-order valence-electron chi connectivity index (χ4n) is 2.80. The maximum absolute atomic E-state index is 12.6. The van der Waals surface area contributed by atoms with Gasteiger partial charge in [0, 0.05) is 18.1 Å². The number of imidazole rings is 1. The molecule has 1 heterocycles. The van der Waals surface area contributed by atoms with Crippen LogP contribution in [-0.2, 0) is 13.6 Å². The molecule has 0 amide bonds. The number of halogens is 1. The zero-order valence-corrected chi connectivity index (χ0v) is 13.2. The summed E-state index contributed by atoms with van der Waals surface area (Å²) >= 11 is 0. The summed E-state index contributed by atoms with van der Waals surface area (Å²) < 4.78 is 3.72. The van der Waals surface area contributed by atoms with Crippen LogP contribution in [0.5, 0.6) is 0 Å². The molecule has 0 atom stereocenters. The van der Waals surface area contributed by atoms with Gasteiger partial charge in [-0.05, 0) is 6.92 Å². The minimum Gasteiger partial charge on any atom is -1.00 e. The molecule has 0 aliphatic heterocycles. The third-order valence-electron chi connectivity index (χ3n) is 3.87. The highest BCUT2D eigenvalue weighted by Gasteiger charge is 2.41. The monoisotopic (exact) mass is 334 g/mol. The first-order chi connectivity index (χ1) is 9.07. The van der Waals surface area contributed by atoms with Crippen LogP contribution >= 0.6 is 0 Å². The van der Waals surface area contributed by atoms with E-state index >= 15 is 0 Å². The Morgan fingerprint density at radius 3 is 2.20 bits per heavy atom. The van der Waals surface area contributed by atoms with Crippen molar-refractivity contribution in [2.75, 3.05) is 0 Å². The molecule has 1 aliphatic rings. The Kier molecular flexibility index (Phi) is 3.65. The number of carbonyl (C=O) groups is 2. The molecule has 4 nitrogen and oxygen atoms in total. The van der Waals surface area contributed by atoms with Gasteiger partial charge in [-0.25, -0.2) is 9.13 Å². The lowest BCUT2D eigenvalue weighted by atomic mass is 9.90. The van der Waals surface area contributed by atoms with E-state index in [1.807, 2.05) is 30.0 Å². The van der Waals surface area contributed by atoms with Crippen molar-refractivity contribution in [1.82, 2.24) is 4.57 Å². The number of hydrogen-bond acceptors (Lipinski definition) is 2. The van der Waals surface area contributed by atoms with Crippen molar-refractivity contribution < 1.29 is 31.1 Å². The van der Waals surface area contributed by atoms with E-state index in [1.165, 1.54) is 0 Å². The van der Waals surface area contributed by atoms with Gasteiger partial charge in [0.1, 0.15) is 0 Å². The van der Waals surface area contributed by atoms with Gasteiger partial charge in [-0.1, -0.05) is 24.3 Å². The molecule has 0 saturated carbocycles. The first-order valence-corrected chi connectivity index (χ1v) is 6.35. The fourth-order valence-corrected chi connectivity index (χ4v) is 2.80. The van der Waals surface area contributed by atoms with Crippen molar-refractivity contribution in [2.24, 2.45) is 7.05 Å². The molecule has 2 aromatic rings. The molecule has 0 N–H and O–H groups in total. The minimum absolute atomic E-state index is 0. The normalized spacial score (nSPS) is 12.8. The Balaban J connectivity index is 0.00000147. The van der Waals surface area contributed by atoms with Crippen LogP contribution in [0.25, 0.3) is 0 Å². The zero-order chi connectivity index (χ0) is 13.7. The number of carbonyl (C=O) groups excluding carboxylic acids is 2. The summed E-state index contributed by atoms with van der Waals surface area (Å²) in [7, 11) is 1.83. The van der Waals surface area contributed by atoms with Gasteiger partial charge in [0.2, 0.25) is 23.0 Å². The summed E-state index contributed by atoms with van der Waals surface area (Å²) in [5, 5.41) is 0. The van der Waals surface area contributed by atoms with E-state index in [2.05, 4.69) is 0 Å². The Morgan fingerprint density at radius 2 is 1.65 bits per heavy atom. The second kappa shape index (κ2) is 4.98. The minimum atomic E-state index is -0.0667. The highest BCUT2D eigenvalue weighted by atomic mass is 79.9. The highest BCUT2D eigenvalue weighted by molar-refractivity contribution is 6.26. The lowest BCUT2D eigenvalue weighted by Gasteiger charge is -2.11. The van der Waals surface area contributed by atoms with Gasteiger partial charge in [-0.3, -0.25) is 9.59 Å². The highest BCUT2D eigenvalue weighted by Crippen LogP contribution is 2.26. The quantitative estimate of drug-likeness (QED) is 0.504. The van der Waals surface area contributed by atoms with Crippen molar-refractivity contribution in [3.8, 4) is 0 Å². The van der Waals surface area contributed by atoms with E-state index in [-0.39, 0.29) is 28.5 Å². The number of benzene rings is 1. The standard InChI is InChI=1S/C15H15N2O2.BrH/c1-4-17-9(2)16(3)12-13(17)15(19)11-8-6-5-7-10(11)14(12)18;/h5-8H,4H2,1-3H3;1H/q+1;/p-1. The molecule has 1 aliphatic carbocycles. The number of aromatic nitrogens is 2. The van der Waals surface area contributed by atoms with Gasteiger partial charge in [0.25, 0.3) is 5.82 Å². The van der Waals surface area contributed by atoms with Crippen LogP contribution in [0.3, 0.4) is 0 Å². The van der Waals surface area contributed by atoms with Crippen LogP contribution in [0.2, 0.25) is 0 Å². The molecule has 1 aromatic carbocycles. The summed E-state index contributed by atoms with van der Waals surface area (Å²) in [6.07, 6.45) is 0. The Bertz CT molecular complexity index is 732. The number of fused-ring (bicyclic) bond motifs is 2. The molecule has 0 unspecified atom stereocenters. The van der Waals surface area contributed by atoms with E-state index in [1.54, 1.807) is 24.3 Å². The third kappa shape index (κ3) is 1.69. The molecule has 3 rings (SSSR count). The topological polar surface area (TPSA) is 43.0 Å². The lowest BCUT2D eigenvalue weighted by molar-refractivity contribution is -0.679. The molecule has 5 heteroatoms. The van der Waals surface area contributed by atoms with E-state index in [4.69, 9.17) is 0 Å². The van der Waals surface area contributed by atoms with Crippen molar-refractivity contribution in [1.29, 1.82) is 0 Å². The molecule has 0 radical (unpaired) electrons. The van der Waals surface area contributed by atoms with Crippen molar-refractivity contribution >= 4 is 11.6 Å². The van der Waals surface area contributed by atoms with E-state index in [9.17, 15) is 9.59 Å². The third-order valence-corrected chi connectivity index (χ3v) is 3.87. The van der Waals surface area contributed by atoms with Crippen molar-refractivity contribution in [3.05, 3.63) is 52.6 Å². The maximum atomic E-state index is 12.6. The second-order valence-electron chi connectivity index (χ2n) is 4.75. The van der Waals surface area contributed by atoms with E-state index < -0.39 is 0 Å². The molecule has 0 spiro atoms. The van der Waals surface area contributed by atoms with Crippen molar-refractivity contribution in [3.63, 3.8) is 0 Å². The number of ketones is 2. The van der Waals surface area contributed by atoms with Gasteiger partial charge in [-0.2, -0.15) is 0 Å². The SMILES string of the molecule is CCn1c2c([n+](C)c1C)C(=O)c1ccccc1C2=O.[Br-]. The van der Waals surface area contributed by atoms with Gasteiger partial charge >= 0.3 is 0 Å². The van der Waals surface area contributed by atoms with Crippen LogP contribution in [0.1, 0.15) is 44.9 Å². The van der Waals surface area contributed by atoms with E-state index in [0.29, 0.717) is 29.1 Å². The fraction of sp³-hybridized carbons (Fsp3) is 0.267. The predicted octanol–water partition coefficient (Wildman–Crippen LogP) is -1.58. The predicted molar refractivity (Wildman–Crippen MR) is 69.3 cm³/mol. The smallest absolute Gasteiger partial charge is 0.254 e. The molecular weight excluding hydrogens is 320 g/mol. The van der Waals surface area contributed by atoms with E-state index in [0.717, 1.165) is 5.82 Å². The first-order valence-electron chi connectivity index (χ1n) is 6.35. The largest absolute Gasteiger partial charge is 1.00 e. The number of nitrogens with zero attached hydrogens (tertiary/aromatic N) is 2. The van der Waals surface area contributed by atoms with Gasteiger partial charge in [0.05, 0.1) is 13.6 Å². The second-order valence-corrected chi connectivity index (χ2v) is 4.75. The Morgan fingerprint density at radius 1 is 1.10 bits per heavy atom.